The molecule has 2 heterocycles. The molecule has 5 rings (SSSR count). The number of carbonyl (C=O) groups excluding carboxylic acids is 2. The predicted molar refractivity (Wildman–Crippen MR) is 186 cm³/mol. The van der Waals surface area contributed by atoms with E-state index in [4.69, 9.17) is 0 Å². The van der Waals surface area contributed by atoms with E-state index in [1.165, 1.54) is 47.0 Å². The number of carbonyl (C=O) groups is 2. The van der Waals surface area contributed by atoms with Crippen LogP contribution in [-0.2, 0) is 9.59 Å². The molecular formula is C35H33BrF3N5O3S. The number of alkyl halides is 3. The van der Waals surface area contributed by atoms with Crippen LogP contribution < -0.4 is 9.64 Å². The zero-order valence-corrected chi connectivity index (χ0v) is 29.1. The number of rotatable bonds is 10. The Morgan fingerprint density at radius 3 is 2.54 bits per heavy atom. The number of allylic oxidation sites excluding steroid dienone is 1. The summed E-state index contributed by atoms with van der Waals surface area (Å²) in [4.78, 5) is 36.3. The first-order chi connectivity index (χ1) is 22.8. The number of hydrogen-bond donors (Lipinski definition) is 0. The number of ether oxygens (including phenoxy) is 1. The summed E-state index contributed by atoms with van der Waals surface area (Å²) in [6, 6.07) is 19.0. The highest BCUT2D eigenvalue weighted by atomic mass is 79.9. The molecule has 1 unspecified atom stereocenters. The van der Waals surface area contributed by atoms with Gasteiger partial charge >= 0.3 is 6.36 Å². The van der Waals surface area contributed by atoms with E-state index in [9.17, 15) is 22.8 Å². The Hall–Kier alpha value is -4.23. The quantitative estimate of drug-likeness (QED) is 0.161. The number of aliphatic imine (C=N–C) groups is 1. The van der Waals surface area contributed by atoms with Crippen molar-refractivity contribution < 1.29 is 27.5 Å². The maximum Gasteiger partial charge on any atom is 0.573 e. The van der Waals surface area contributed by atoms with E-state index in [2.05, 4.69) is 49.6 Å². The number of aromatic nitrogens is 3. The summed E-state index contributed by atoms with van der Waals surface area (Å²) in [6.07, 6.45) is -0.512. The lowest BCUT2D eigenvalue weighted by molar-refractivity contribution is -0.274. The van der Waals surface area contributed by atoms with Crippen LogP contribution in [0.2, 0.25) is 0 Å². The normalized spacial score (nSPS) is 15.4. The van der Waals surface area contributed by atoms with Crippen molar-refractivity contribution in [3.05, 3.63) is 94.2 Å². The largest absolute Gasteiger partial charge is 0.573 e. The lowest BCUT2D eigenvalue weighted by atomic mass is 9.99. The molecule has 0 bridgehead atoms. The van der Waals surface area contributed by atoms with Gasteiger partial charge in [-0.05, 0) is 88.8 Å². The predicted octanol–water partition coefficient (Wildman–Crippen LogP) is 9.08. The van der Waals surface area contributed by atoms with Gasteiger partial charge in [0.15, 0.2) is 11.0 Å². The van der Waals surface area contributed by atoms with Crippen LogP contribution in [0.1, 0.15) is 56.2 Å². The molecule has 1 fully saturated rings. The summed E-state index contributed by atoms with van der Waals surface area (Å²) < 4.78 is 43.7. The molecule has 0 saturated carbocycles. The third-order valence-electron chi connectivity index (χ3n) is 7.40. The smallest absolute Gasteiger partial charge is 0.406 e. The molecule has 2 amide bonds. The number of amidine groups is 1. The molecule has 1 aliphatic heterocycles. The second-order valence-electron chi connectivity index (χ2n) is 11.8. The molecule has 250 valence electrons. The molecular weight excluding hydrogens is 707 g/mol. The van der Waals surface area contributed by atoms with Gasteiger partial charge < -0.3 is 4.74 Å². The summed E-state index contributed by atoms with van der Waals surface area (Å²) in [5.74, 6) is 0.165. The first-order valence-electron chi connectivity index (χ1n) is 15.2. The van der Waals surface area contributed by atoms with Crippen LogP contribution in [0, 0.1) is 12.8 Å². The third kappa shape index (κ3) is 9.01. The molecule has 13 heteroatoms. The maximum absolute atomic E-state index is 13.1. The van der Waals surface area contributed by atoms with Crippen LogP contribution in [0.5, 0.6) is 5.75 Å². The topological polar surface area (TPSA) is 89.7 Å². The van der Waals surface area contributed by atoms with Gasteiger partial charge in [-0.1, -0.05) is 78.8 Å². The van der Waals surface area contributed by atoms with E-state index in [1.54, 1.807) is 4.90 Å². The van der Waals surface area contributed by atoms with Gasteiger partial charge in [0.1, 0.15) is 12.1 Å². The zero-order valence-electron chi connectivity index (χ0n) is 26.7. The summed E-state index contributed by atoms with van der Waals surface area (Å²) in [5, 5.41) is 4.90. The van der Waals surface area contributed by atoms with Crippen molar-refractivity contribution in [2.24, 2.45) is 10.9 Å². The lowest BCUT2D eigenvalue weighted by Crippen LogP contribution is -2.31. The van der Waals surface area contributed by atoms with Crippen LogP contribution in [-0.4, -0.2) is 43.9 Å². The number of amides is 2. The summed E-state index contributed by atoms with van der Waals surface area (Å²) in [5.41, 5.74) is 5.00. The minimum Gasteiger partial charge on any atom is -0.406 e. The van der Waals surface area contributed by atoms with Crippen molar-refractivity contribution in [2.45, 2.75) is 52.8 Å². The molecule has 0 aliphatic carbocycles. The molecule has 0 radical (unpaired) electrons. The highest BCUT2D eigenvalue weighted by Crippen LogP contribution is 2.34. The fourth-order valence-electron chi connectivity index (χ4n) is 5.20. The van der Waals surface area contributed by atoms with Gasteiger partial charge in [-0.2, -0.15) is 4.99 Å². The summed E-state index contributed by atoms with van der Waals surface area (Å²) in [7, 11) is 0. The van der Waals surface area contributed by atoms with E-state index in [0.29, 0.717) is 23.1 Å². The number of benzene rings is 3. The van der Waals surface area contributed by atoms with E-state index >= 15 is 0 Å². The number of halogens is 4. The van der Waals surface area contributed by atoms with Crippen molar-refractivity contribution in [1.82, 2.24) is 14.8 Å². The van der Waals surface area contributed by atoms with Gasteiger partial charge in [0.2, 0.25) is 11.8 Å². The zero-order chi connectivity index (χ0) is 34.6. The maximum atomic E-state index is 13.1. The Morgan fingerprint density at radius 2 is 1.83 bits per heavy atom. The van der Waals surface area contributed by atoms with Crippen molar-refractivity contribution in [3.63, 3.8) is 0 Å². The number of hydrogen-bond acceptors (Lipinski definition) is 6. The first-order valence-corrected chi connectivity index (χ1v) is 17.0. The van der Waals surface area contributed by atoms with E-state index < -0.39 is 6.36 Å². The highest BCUT2D eigenvalue weighted by molar-refractivity contribution is 9.11. The minimum atomic E-state index is -4.76. The number of aryl methyl sites for hydroxylation is 1. The fraction of sp³-hybridized carbons (Fsp3) is 0.286. The molecule has 48 heavy (non-hydrogen) atoms. The van der Waals surface area contributed by atoms with Crippen LogP contribution in [0.15, 0.2) is 82.5 Å². The first kappa shape index (κ1) is 35.1. The molecule has 0 N–H and O–H groups in total. The van der Waals surface area contributed by atoms with E-state index in [-0.39, 0.29) is 41.6 Å². The Kier molecular flexibility index (Phi) is 10.9. The molecule has 1 atom stereocenters. The van der Waals surface area contributed by atoms with Gasteiger partial charge in [0.05, 0.1) is 17.1 Å². The van der Waals surface area contributed by atoms with Gasteiger partial charge in [0.25, 0.3) is 0 Å². The van der Waals surface area contributed by atoms with Crippen molar-refractivity contribution in [2.75, 3.05) is 10.7 Å². The molecule has 0 spiro atoms. The second kappa shape index (κ2) is 14.9. The summed E-state index contributed by atoms with van der Waals surface area (Å²) >= 11 is 4.93. The highest BCUT2D eigenvalue weighted by Gasteiger charge is 2.33. The molecule has 8 nitrogen and oxygen atoms in total. The summed E-state index contributed by atoms with van der Waals surface area (Å²) in [6.45, 7) is 8.10. The average Bonchev–Trinajstić information content (AvgIpc) is 3.63. The molecule has 4 aromatic rings. The van der Waals surface area contributed by atoms with Crippen LogP contribution >= 0.6 is 27.7 Å². The number of thioether (sulfide) groups is 1. The number of anilines is 1. The van der Waals surface area contributed by atoms with Crippen molar-refractivity contribution >= 4 is 56.4 Å². The minimum absolute atomic E-state index is 0.0262. The fourth-order valence-corrected chi connectivity index (χ4v) is 6.89. The van der Waals surface area contributed by atoms with Crippen LogP contribution in [0.4, 0.5) is 18.9 Å². The molecule has 1 aliphatic rings. The van der Waals surface area contributed by atoms with Crippen LogP contribution in [0.3, 0.4) is 0 Å². The second-order valence-corrected chi connectivity index (χ2v) is 13.8. The van der Waals surface area contributed by atoms with Gasteiger partial charge in [-0.25, -0.2) is 9.67 Å². The number of nitrogens with zero attached hydrogens (tertiary/aromatic N) is 5. The van der Waals surface area contributed by atoms with Gasteiger partial charge in [-0.15, -0.1) is 18.3 Å². The Labute approximate surface area is 289 Å². The third-order valence-corrected chi connectivity index (χ3v) is 8.87. The molecule has 1 saturated heterocycles. The van der Waals surface area contributed by atoms with E-state index in [0.717, 1.165) is 32.4 Å². The Morgan fingerprint density at radius 1 is 1.08 bits per heavy atom. The molecule has 3 aromatic carbocycles. The van der Waals surface area contributed by atoms with Crippen molar-refractivity contribution in [1.29, 1.82) is 0 Å². The monoisotopic (exact) mass is 739 g/mol. The van der Waals surface area contributed by atoms with Crippen LogP contribution in [0.25, 0.3) is 23.2 Å². The lowest BCUT2D eigenvalue weighted by Gasteiger charge is -2.22. The Balaban J connectivity index is 1.22. The SMILES string of the molecule is Cc1ccc(C(C)C)c(N2C(=O)CSC2=NC(=O)CC(C)C/C(Br)=C\c2cccc(-c3ncn(-c4ccc(OC(F)(F)F)cc4)n3)c2)c1. The van der Waals surface area contributed by atoms with Gasteiger partial charge in [0, 0.05) is 12.0 Å². The average molecular weight is 741 g/mol. The van der Waals surface area contributed by atoms with Crippen molar-refractivity contribution in [3.8, 4) is 22.8 Å². The standard InChI is InChI=1S/C35H33BrF3N5O3S/c1-21(2)29-13-8-22(3)15-30(29)44-32(46)19-48-34(44)41-31(45)16-23(4)14-26(36)18-24-6-5-7-25(17-24)33-40-20-43(42-33)27-9-11-28(12-10-27)47-35(37,38)39/h5-13,15,17-18,20-21,23H,14,16,19H2,1-4H3/b26-18+,41-34?. The molecule has 1 aromatic heterocycles. The Bertz CT molecular complexity index is 1870. The van der Waals surface area contributed by atoms with E-state index in [1.807, 2.05) is 62.4 Å². The van der Waals surface area contributed by atoms with Gasteiger partial charge in [-0.3, -0.25) is 14.5 Å².